The van der Waals surface area contributed by atoms with Crippen LogP contribution in [-0.2, 0) is 11.2 Å². The Labute approximate surface area is 168 Å². The van der Waals surface area contributed by atoms with Crippen molar-refractivity contribution in [2.45, 2.75) is 26.2 Å². The molecule has 0 atom stereocenters. The van der Waals surface area contributed by atoms with Gasteiger partial charge in [0.1, 0.15) is 5.75 Å². The van der Waals surface area contributed by atoms with E-state index in [2.05, 4.69) is 40.8 Å². The van der Waals surface area contributed by atoms with Crippen molar-refractivity contribution in [1.82, 2.24) is 10.6 Å². The fourth-order valence-electron chi connectivity index (χ4n) is 2.77. The van der Waals surface area contributed by atoms with E-state index >= 15 is 0 Å². The van der Waals surface area contributed by atoms with Gasteiger partial charge in [-0.3, -0.25) is 4.99 Å². The van der Waals surface area contributed by atoms with E-state index in [0.717, 1.165) is 57.3 Å². The minimum Gasteiger partial charge on any atom is -0.496 e. The average molecular weight is 459 g/mol. The van der Waals surface area contributed by atoms with Crippen LogP contribution >= 0.6 is 24.0 Å². The molecule has 1 aromatic rings. The third-order valence-electron chi connectivity index (χ3n) is 4.14. The zero-order chi connectivity index (χ0) is 17.2. The Morgan fingerprint density at radius 1 is 1.24 bits per heavy atom. The zero-order valence-electron chi connectivity index (χ0n) is 15.4. The molecule has 5 nitrogen and oxygen atoms in total. The summed E-state index contributed by atoms with van der Waals surface area (Å²) < 4.78 is 10.8. The summed E-state index contributed by atoms with van der Waals surface area (Å²) >= 11 is 0. The van der Waals surface area contributed by atoms with Crippen molar-refractivity contribution >= 4 is 29.9 Å². The molecule has 2 rings (SSSR count). The summed E-state index contributed by atoms with van der Waals surface area (Å²) in [6.45, 7) is 5.40. The van der Waals surface area contributed by atoms with Gasteiger partial charge in [-0.25, -0.2) is 0 Å². The van der Waals surface area contributed by atoms with Crippen LogP contribution in [0.5, 0.6) is 5.75 Å². The monoisotopic (exact) mass is 459 g/mol. The molecular weight excluding hydrogens is 429 g/mol. The number of ether oxygens (including phenoxy) is 2. The first-order valence-electron chi connectivity index (χ1n) is 8.56. The lowest BCUT2D eigenvalue weighted by molar-refractivity contribution is 0.153. The second kappa shape index (κ2) is 12.1. The number of benzene rings is 1. The van der Waals surface area contributed by atoms with Crippen molar-refractivity contribution in [3.63, 3.8) is 0 Å². The average Bonchev–Trinajstić information content (AvgIpc) is 2.61. The minimum atomic E-state index is 0. The Morgan fingerprint density at radius 2 is 2.00 bits per heavy atom. The normalized spacial score (nSPS) is 14.4. The van der Waals surface area contributed by atoms with Gasteiger partial charge in [0, 0.05) is 20.1 Å². The number of rotatable bonds is 7. The number of hydrogen-bond acceptors (Lipinski definition) is 3. The largest absolute Gasteiger partial charge is 0.496 e. The lowest BCUT2D eigenvalue weighted by atomic mass is 10.1. The summed E-state index contributed by atoms with van der Waals surface area (Å²) in [5, 5.41) is 6.73. The summed E-state index contributed by atoms with van der Waals surface area (Å²) in [6.07, 6.45) is 5.16. The van der Waals surface area contributed by atoms with Crippen molar-refractivity contribution in [2.24, 2.45) is 4.99 Å². The first-order valence-corrected chi connectivity index (χ1v) is 8.56. The molecule has 1 aliphatic rings. The van der Waals surface area contributed by atoms with Gasteiger partial charge in [-0.15, -0.1) is 24.0 Å². The van der Waals surface area contributed by atoms with Gasteiger partial charge in [0.25, 0.3) is 0 Å². The van der Waals surface area contributed by atoms with Gasteiger partial charge < -0.3 is 20.1 Å². The van der Waals surface area contributed by atoms with E-state index in [1.807, 2.05) is 6.07 Å². The Kier molecular flexibility index (Phi) is 10.6. The number of guanidine groups is 1. The molecule has 0 spiro atoms. The van der Waals surface area contributed by atoms with Gasteiger partial charge >= 0.3 is 0 Å². The second-order valence-electron chi connectivity index (χ2n) is 5.93. The van der Waals surface area contributed by atoms with Gasteiger partial charge in [-0.2, -0.15) is 0 Å². The molecule has 1 heterocycles. The van der Waals surface area contributed by atoms with Crippen LogP contribution in [-0.4, -0.2) is 46.4 Å². The molecule has 0 bridgehead atoms. The molecule has 2 N–H and O–H groups in total. The van der Waals surface area contributed by atoms with Gasteiger partial charge in [0.15, 0.2) is 5.96 Å². The molecule has 0 amide bonds. The van der Waals surface area contributed by atoms with Crippen molar-refractivity contribution in [2.75, 3.05) is 40.5 Å². The number of methoxy groups -OCH3 is 1. The first-order chi connectivity index (χ1) is 11.7. The predicted molar refractivity (Wildman–Crippen MR) is 114 cm³/mol. The lowest BCUT2D eigenvalue weighted by Crippen LogP contribution is -2.38. The van der Waals surface area contributed by atoms with Crippen molar-refractivity contribution in [1.29, 1.82) is 0 Å². The molecule has 0 aliphatic carbocycles. The fourth-order valence-corrected chi connectivity index (χ4v) is 2.77. The Hall–Kier alpha value is -1.28. The third-order valence-corrected chi connectivity index (χ3v) is 4.14. The van der Waals surface area contributed by atoms with Crippen LogP contribution in [0.1, 0.15) is 24.0 Å². The topological polar surface area (TPSA) is 54.9 Å². The highest BCUT2D eigenvalue weighted by Gasteiger charge is 2.06. The molecule has 1 aromatic carbocycles. The van der Waals surface area contributed by atoms with E-state index in [4.69, 9.17) is 9.47 Å². The van der Waals surface area contributed by atoms with E-state index in [0.29, 0.717) is 0 Å². The maximum absolute atomic E-state index is 5.43. The van der Waals surface area contributed by atoms with Crippen LogP contribution < -0.4 is 15.4 Å². The van der Waals surface area contributed by atoms with Crippen molar-refractivity contribution in [3.8, 4) is 5.75 Å². The predicted octanol–water partition coefficient (Wildman–Crippen LogP) is 3.07. The molecule has 6 heteroatoms. The Morgan fingerprint density at radius 3 is 2.64 bits per heavy atom. The highest BCUT2D eigenvalue weighted by molar-refractivity contribution is 14.0. The van der Waals surface area contributed by atoms with Crippen LogP contribution in [0.25, 0.3) is 0 Å². The van der Waals surface area contributed by atoms with Crippen molar-refractivity contribution in [3.05, 3.63) is 41.0 Å². The highest BCUT2D eigenvalue weighted by atomic mass is 127. The van der Waals surface area contributed by atoms with Gasteiger partial charge in [0.2, 0.25) is 0 Å². The van der Waals surface area contributed by atoms with E-state index < -0.39 is 0 Å². The first kappa shape index (κ1) is 21.8. The summed E-state index contributed by atoms with van der Waals surface area (Å²) in [4.78, 5) is 4.28. The molecule has 25 heavy (non-hydrogen) atoms. The molecule has 140 valence electrons. The van der Waals surface area contributed by atoms with E-state index in [9.17, 15) is 0 Å². The quantitative estimate of drug-likeness (QED) is 0.285. The van der Waals surface area contributed by atoms with Crippen molar-refractivity contribution < 1.29 is 9.47 Å². The number of aliphatic imine (C=N–C) groups is 1. The molecular formula is C19H30IN3O2. The van der Waals surface area contributed by atoms with E-state index in [-0.39, 0.29) is 24.0 Å². The van der Waals surface area contributed by atoms with E-state index in [1.165, 1.54) is 16.7 Å². The van der Waals surface area contributed by atoms with Crippen LogP contribution in [0.4, 0.5) is 0 Å². The third kappa shape index (κ3) is 7.64. The fraction of sp³-hybridized carbons (Fsp3) is 0.526. The molecule has 0 saturated carbocycles. The van der Waals surface area contributed by atoms with Crippen LogP contribution in [0, 0.1) is 6.92 Å². The highest BCUT2D eigenvalue weighted by Crippen LogP contribution is 2.19. The van der Waals surface area contributed by atoms with Gasteiger partial charge in [-0.05, 0) is 37.8 Å². The Balaban J connectivity index is 0.00000312. The summed E-state index contributed by atoms with van der Waals surface area (Å²) in [7, 11) is 3.52. The maximum atomic E-state index is 5.43. The summed E-state index contributed by atoms with van der Waals surface area (Å²) in [6, 6.07) is 6.27. The SMILES string of the molecule is CN=C(NCCC1=CCOCC1)NCCc1cc(C)ccc1OC.I. The number of nitrogens with zero attached hydrogens (tertiary/aromatic N) is 1. The summed E-state index contributed by atoms with van der Waals surface area (Å²) in [5.74, 6) is 1.78. The molecule has 0 unspecified atom stereocenters. The molecule has 0 aromatic heterocycles. The zero-order valence-corrected chi connectivity index (χ0v) is 17.8. The van der Waals surface area contributed by atoms with Crippen LogP contribution in [0.3, 0.4) is 0 Å². The molecule has 1 aliphatic heterocycles. The molecule has 0 fully saturated rings. The second-order valence-corrected chi connectivity index (χ2v) is 5.93. The maximum Gasteiger partial charge on any atom is 0.190 e. The van der Waals surface area contributed by atoms with Crippen LogP contribution in [0.2, 0.25) is 0 Å². The number of aryl methyl sites for hydroxylation is 1. The van der Waals surface area contributed by atoms with E-state index in [1.54, 1.807) is 14.2 Å². The van der Waals surface area contributed by atoms with Gasteiger partial charge in [0.05, 0.1) is 20.3 Å². The van der Waals surface area contributed by atoms with Crippen LogP contribution in [0.15, 0.2) is 34.8 Å². The lowest BCUT2D eigenvalue weighted by Gasteiger charge is -2.16. The molecule has 0 saturated heterocycles. The minimum absolute atomic E-state index is 0. The molecule has 0 radical (unpaired) electrons. The number of nitrogens with one attached hydrogen (secondary N) is 2. The van der Waals surface area contributed by atoms with Gasteiger partial charge in [-0.1, -0.05) is 29.3 Å². The summed E-state index contributed by atoms with van der Waals surface area (Å²) in [5.41, 5.74) is 3.93. The number of hydrogen-bond donors (Lipinski definition) is 2. The standard InChI is InChI=1S/C19H29N3O2.HI/c1-15-4-5-18(23-3)17(14-15)7-11-22-19(20-2)21-10-6-16-8-12-24-13-9-16;/h4-5,8,14H,6-7,9-13H2,1-3H3,(H2,20,21,22);1H. The Bertz CT molecular complexity index is 588. The number of halogens is 1. The smallest absolute Gasteiger partial charge is 0.190 e.